The fourth-order valence-corrected chi connectivity index (χ4v) is 1.71. The highest BCUT2D eigenvalue weighted by molar-refractivity contribution is 6.31. The van der Waals surface area contributed by atoms with E-state index in [1.807, 2.05) is 31.2 Å². The third-order valence-corrected chi connectivity index (χ3v) is 2.63. The predicted molar refractivity (Wildman–Crippen MR) is 59.7 cm³/mol. The van der Waals surface area contributed by atoms with E-state index in [4.69, 9.17) is 11.6 Å². The highest BCUT2D eigenvalue weighted by atomic mass is 35.5. The van der Waals surface area contributed by atoms with Gasteiger partial charge in [0, 0.05) is 10.7 Å². The van der Waals surface area contributed by atoms with Gasteiger partial charge >= 0.3 is 0 Å². The van der Waals surface area contributed by atoms with Gasteiger partial charge in [-0.25, -0.2) is 5.01 Å². The van der Waals surface area contributed by atoms with Crippen molar-refractivity contribution in [3.05, 3.63) is 34.9 Å². The van der Waals surface area contributed by atoms with Gasteiger partial charge in [-0.1, -0.05) is 29.8 Å². The first kappa shape index (κ1) is 10.2. The molecule has 0 saturated heterocycles. The molecule has 78 valence electrons. The molecule has 0 spiro atoms. The van der Waals surface area contributed by atoms with Crippen LogP contribution in [-0.2, 0) is 11.3 Å². The van der Waals surface area contributed by atoms with Crippen LogP contribution in [0.25, 0.3) is 0 Å². The Morgan fingerprint density at radius 3 is 2.80 bits per heavy atom. The molecule has 4 heteroatoms. The number of carbonyl (C=O) groups excluding carboxylic acids is 1. The van der Waals surface area contributed by atoms with Crippen molar-refractivity contribution >= 4 is 23.2 Å². The number of benzene rings is 1. The van der Waals surface area contributed by atoms with Crippen molar-refractivity contribution in [2.45, 2.75) is 19.9 Å². The van der Waals surface area contributed by atoms with Crippen LogP contribution in [0, 0.1) is 0 Å². The summed E-state index contributed by atoms with van der Waals surface area (Å²) < 4.78 is 0. The third kappa shape index (κ3) is 2.18. The Morgan fingerprint density at radius 2 is 2.20 bits per heavy atom. The number of rotatable bonds is 2. The predicted octanol–water partition coefficient (Wildman–Crippen LogP) is 2.45. The fourth-order valence-electron chi connectivity index (χ4n) is 1.52. The van der Waals surface area contributed by atoms with Gasteiger partial charge in [-0.15, -0.1) is 0 Å². The molecule has 1 aliphatic rings. The first-order valence-corrected chi connectivity index (χ1v) is 5.12. The molecule has 0 bridgehead atoms. The minimum Gasteiger partial charge on any atom is -0.273 e. The lowest BCUT2D eigenvalue weighted by Gasteiger charge is -2.12. The van der Waals surface area contributed by atoms with E-state index in [2.05, 4.69) is 5.10 Å². The van der Waals surface area contributed by atoms with E-state index in [-0.39, 0.29) is 5.91 Å². The monoisotopic (exact) mass is 222 g/mol. The smallest absolute Gasteiger partial charge is 0.248 e. The number of hydrogen-bond donors (Lipinski definition) is 0. The maximum Gasteiger partial charge on any atom is 0.248 e. The quantitative estimate of drug-likeness (QED) is 0.757. The van der Waals surface area contributed by atoms with Gasteiger partial charge in [0.25, 0.3) is 0 Å². The molecule has 3 nitrogen and oxygen atoms in total. The lowest BCUT2D eigenvalue weighted by molar-refractivity contribution is -0.129. The van der Waals surface area contributed by atoms with Gasteiger partial charge in [0.2, 0.25) is 5.91 Å². The molecule has 0 radical (unpaired) electrons. The number of carbonyl (C=O) groups is 1. The van der Waals surface area contributed by atoms with Crippen molar-refractivity contribution in [2.75, 3.05) is 0 Å². The van der Waals surface area contributed by atoms with E-state index < -0.39 is 0 Å². The van der Waals surface area contributed by atoms with Crippen LogP contribution in [0.5, 0.6) is 0 Å². The van der Waals surface area contributed by atoms with Crippen molar-refractivity contribution in [2.24, 2.45) is 5.10 Å². The van der Waals surface area contributed by atoms with E-state index >= 15 is 0 Å². The number of hydrogen-bond acceptors (Lipinski definition) is 2. The lowest BCUT2D eigenvalue weighted by Crippen LogP contribution is -2.20. The van der Waals surface area contributed by atoms with Crippen molar-refractivity contribution in [1.82, 2.24) is 5.01 Å². The molecule has 0 saturated carbocycles. The molecule has 1 amide bonds. The van der Waals surface area contributed by atoms with Gasteiger partial charge in [0.05, 0.1) is 13.0 Å². The van der Waals surface area contributed by atoms with Gasteiger partial charge in [-0.2, -0.15) is 5.10 Å². The maximum absolute atomic E-state index is 11.5. The van der Waals surface area contributed by atoms with Crippen molar-refractivity contribution in [1.29, 1.82) is 0 Å². The molecule has 1 heterocycles. The van der Waals surface area contributed by atoms with Gasteiger partial charge in [-0.3, -0.25) is 4.79 Å². The maximum atomic E-state index is 11.5. The number of hydrazone groups is 1. The number of nitrogens with zero attached hydrogens (tertiary/aromatic N) is 2. The zero-order chi connectivity index (χ0) is 10.8. The molecule has 0 aliphatic carbocycles. The molecule has 0 N–H and O–H groups in total. The summed E-state index contributed by atoms with van der Waals surface area (Å²) in [6, 6.07) is 7.48. The highest BCUT2D eigenvalue weighted by Gasteiger charge is 2.21. The SMILES string of the molecule is CC1=NN(Cc2ccccc2Cl)C(=O)C1. The molecule has 0 fully saturated rings. The Hall–Kier alpha value is -1.35. The zero-order valence-corrected chi connectivity index (χ0v) is 9.16. The van der Waals surface area contributed by atoms with Crippen LogP contribution in [0.4, 0.5) is 0 Å². The fraction of sp³-hybridized carbons (Fsp3) is 0.273. The largest absolute Gasteiger partial charge is 0.273 e. The number of amides is 1. The molecule has 0 aromatic heterocycles. The summed E-state index contributed by atoms with van der Waals surface area (Å²) in [5.41, 5.74) is 1.78. The van der Waals surface area contributed by atoms with Crippen LogP contribution in [-0.4, -0.2) is 16.6 Å². The minimum absolute atomic E-state index is 0.0346. The van der Waals surface area contributed by atoms with Crippen molar-refractivity contribution in [3.8, 4) is 0 Å². The summed E-state index contributed by atoms with van der Waals surface area (Å²) in [7, 11) is 0. The second-order valence-corrected chi connectivity index (χ2v) is 3.96. The molecule has 15 heavy (non-hydrogen) atoms. The van der Waals surface area contributed by atoms with E-state index in [9.17, 15) is 4.79 Å². The lowest BCUT2D eigenvalue weighted by atomic mass is 10.2. The van der Waals surface area contributed by atoms with Crippen LogP contribution in [0.1, 0.15) is 18.9 Å². The standard InChI is InChI=1S/C11H11ClN2O/c1-8-6-11(15)14(13-8)7-9-4-2-3-5-10(9)12/h2-5H,6-7H2,1H3. The average molecular weight is 223 g/mol. The zero-order valence-electron chi connectivity index (χ0n) is 8.40. The topological polar surface area (TPSA) is 32.7 Å². The van der Waals surface area contributed by atoms with Crippen LogP contribution >= 0.6 is 11.6 Å². The normalized spacial score (nSPS) is 15.7. The first-order valence-electron chi connectivity index (χ1n) is 4.74. The third-order valence-electron chi connectivity index (χ3n) is 2.26. The number of halogens is 1. The van der Waals surface area contributed by atoms with E-state index in [0.717, 1.165) is 11.3 Å². The Morgan fingerprint density at radius 1 is 1.47 bits per heavy atom. The van der Waals surface area contributed by atoms with Gasteiger partial charge in [-0.05, 0) is 18.6 Å². The summed E-state index contributed by atoms with van der Waals surface area (Å²) in [4.78, 5) is 11.5. The second-order valence-electron chi connectivity index (χ2n) is 3.55. The molecule has 0 atom stereocenters. The highest BCUT2D eigenvalue weighted by Crippen LogP contribution is 2.19. The van der Waals surface area contributed by atoms with E-state index in [1.54, 1.807) is 0 Å². The van der Waals surface area contributed by atoms with Crippen LogP contribution in [0.15, 0.2) is 29.4 Å². The Bertz CT molecular complexity index is 428. The second kappa shape index (κ2) is 4.03. The molecular weight excluding hydrogens is 212 g/mol. The summed E-state index contributed by atoms with van der Waals surface area (Å²) in [6.45, 7) is 2.31. The summed E-state index contributed by atoms with van der Waals surface area (Å²) >= 11 is 6.00. The Labute approximate surface area is 93.3 Å². The van der Waals surface area contributed by atoms with Crippen molar-refractivity contribution < 1.29 is 4.79 Å². The summed E-state index contributed by atoms with van der Waals surface area (Å²) in [6.07, 6.45) is 0.421. The average Bonchev–Trinajstić information content (AvgIpc) is 2.49. The summed E-state index contributed by atoms with van der Waals surface area (Å²) in [5, 5.41) is 6.29. The Kier molecular flexibility index (Phi) is 2.73. The van der Waals surface area contributed by atoms with Crippen LogP contribution in [0.3, 0.4) is 0 Å². The van der Waals surface area contributed by atoms with Crippen molar-refractivity contribution in [3.63, 3.8) is 0 Å². The van der Waals surface area contributed by atoms with E-state index in [0.29, 0.717) is 18.0 Å². The molecule has 1 aliphatic heterocycles. The van der Waals surface area contributed by atoms with E-state index in [1.165, 1.54) is 5.01 Å². The minimum atomic E-state index is 0.0346. The van der Waals surface area contributed by atoms with Gasteiger partial charge in [0.1, 0.15) is 0 Å². The Balaban J connectivity index is 2.16. The van der Waals surface area contributed by atoms with Gasteiger partial charge in [0.15, 0.2) is 0 Å². The molecule has 1 aromatic rings. The molecule has 2 rings (SSSR count). The van der Waals surface area contributed by atoms with Crippen LogP contribution < -0.4 is 0 Å². The summed E-state index contributed by atoms with van der Waals surface area (Å²) in [5.74, 6) is 0.0346. The van der Waals surface area contributed by atoms with Gasteiger partial charge < -0.3 is 0 Å². The molecular formula is C11H11ClN2O. The molecule has 1 aromatic carbocycles. The van der Waals surface area contributed by atoms with Crippen LogP contribution in [0.2, 0.25) is 5.02 Å². The first-order chi connectivity index (χ1) is 7.16. The molecule has 0 unspecified atom stereocenters.